The Labute approximate surface area is 179 Å². The minimum atomic E-state index is -0.0429. The summed E-state index contributed by atoms with van der Waals surface area (Å²) in [6.45, 7) is 8.31. The molecule has 1 amide bonds. The third kappa shape index (κ3) is 4.35. The molecule has 4 rings (SSSR count). The largest absolute Gasteiger partial charge is 0.368 e. The van der Waals surface area contributed by atoms with E-state index in [1.165, 1.54) is 16.8 Å². The predicted molar refractivity (Wildman–Crippen MR) is 122 cm³/mol. The molecular weight excluding hydrogens is 374 g/mol. The van der Waals surface area contributed by atoms with Crippen molar-refractivity contribution in [3.05, 3.63) is 59.2 Å². The van der Waals surface area contributed by atoms with Crippen molar-refractivity contribution in [3.63, 3.8) is 0 Å². The summed E-state index contributed by atoms with van der Waals surface area (Å²) in [6, 6.07) is 14.4. The number of rotatable bonds is 4. The van der Waals surface area contributed by atoms with E-state index in [-0.39, 0.29) is 11.9 Å². The van der Waals surface area contributed by atoms with Crippen LogP contribution in [0.1, 0.15) is 40.7 Å². The van der Waals surface area contributed by atoms with Crippen LogP contribution in [0.2, 0.25) is 0 Å². The van der Waals surface area contributed by atoms with Crippen LogP contribution in [0, 0.1) is 13.8 Å². The van der Waals surface area contributed by atoms with Crippen LogP contribution < -0.4 is 9.80 Å². The molecule has 2 heterocycles. The Hall–Kier alpha value is -2.82. The predicted octanol–water partition coefficient (Wildman–Crippen LogP) is 3.82. The second-order valence-corrected chi connectivity index (χ2v) is 8.56. The molecule has 0 bridgehead atoms. The fourth-order valence-corrected chi connectivity index (χ4v) is 4.70. The standard InChI is InChI=1S/C25H31N3O2/c1-19-15-20(2)17-24(16-19)26-11-13-27(14-12-26)25(30)21-6-8-22(9-7-21)28-10-4-3-5-23(28)18-29/h6-9,15-18,23H,3-5,10-14H2,1-2H3. The molecule has 2 aromatic carbocycles. The van der Waals surface area contributed by atoms with Gasteiger partial charge >= 0.3 is 0 Å². The maximum Gasteiger partial charge on any atom is 0.253 e. The van der Waals surface area contributed by atoms with Crippen molar-refractivity contribution < 1.29 is 9.59 Å². The highest BCUT2D eigenvalue weighted by Crippen LogP contribution is 2.25. The van der Waals surface area contributed by atoms with E-state index in [2.05, 4.69) is 41.8 Å². The molecule has 5 nitrogen and oxygen atoms in total. The van der Waals surface area contributed by atoms with Crippen LogP contribution in [-0.4, -0.2) is 55.9 Å². The molecular formula is C25H31N3O2. The third-order valence-electron chi connectivity index (χ3n) is 6.29. The third-order valence-corrected chi connectivity index (χ3v) is 6.29. The lowest BCUT2D eigenvalue weighted by molar-refractivity contribution is -0.109. The first-order valence-electron chi connectivity index (χ1n) is 11.0. The summed E-state index contributed by atoms with van der Waals surface area (Å²) in [5.74, 6) is 0.0900. The lowest BCUT2D eigenvalue weighted by Gasteiger charge is -2.36. The first-order chi connectivity index (χ1) is 14.5. The van der Waals surface area contributed by atoms with Crippen LogP contribution in [0.3, 0.4) is 0 Å². The van der Waals surface area contributed by atoms with Crippen molar-refractivity contribution in [2.75, 3.05) is 42.5 Å². The van der Waals surface area contributed by atoms with Crippen molar-refractivity contribution in [2.24, 2.45) is 0 Å². The number of hydrogen-bond acceptors (Lipinski definition) is 4. The van der Waals surface area contributed by atoms with E-state index in [9.17, 15) is 9.59 Å². The second-order valence-electron chi connectivity index (χ2n) is 8.56. The lowest BCUT2D eigenvalue weighted by atomic mass is 10.0. The highest BCUT2D eigenvalue weighted by atomic mass is 16.2. The molecule has 0 N–H and O–H groups in total. The molecule has 5 heteroatoms. The van der Waals surface area contributed by atoms with Crippen LogP contribution in [0.4, 0.5) is 11.4 Å². The van der Waals surface area contributed by atoms with E-state index >= 15 is 0 Å². The number of aryl methyl sites for hydroxylation is 2. The summed E-state index contributed by atoms with van der Waals surface area (Å²) in [6.07, 6.45) is 4.17. The topological polar surface area (TPSA) is 43.9 Å². The fraction of sp³-hybridized carbons (Fsp3) is 0.440. The molecule has 0 aliphatic carbocycles. The monoisotopic (exact) mass is 405 g/mol. The van der Waals surface area contributed by atoms with Crippen LogP contribution in [0.15, 0.2) is 42.5 Å². The second kappa shape index (κ2) is 8.90. The van der Waals surface area contributed by atoms with Crippen molar-refractivity contribution in [1.82, 2.24) is 4.90 Å². The molecule has 2 fully saturated rings. The number of piperidine rings is 1. The van der Waals surface area contributed by atoms with Gasteiger partial charge in [0.1, 0.15) is 6.29 Å². The van der Waals surface area contributed by atoms with Crippen LogP contribution in [0.5, 0.6) is 0 Å². The van der Waals surface area contributed by atoms with Crippen LogP contribution in [0.25, 0.3) is 0 Å². The van der Waals surface area contributed by atoms with Gasteiger partial charge in [-0.25, -0.2) is 0 Å². The number of nitrogens with zero attached hydrogens (tertiary/aromatic N) is 3. The first-order valence-corrected chi connectivity index (χ1v) is 11.0. The van der Waals surface area contributed by atoms with Gasteiger partial charge in [-0.2, -0.15) is 0 Å². The van der Waals surface area contributed by atoms with Gasteiger partial charge < -0.3 is 19.5 Å². The number of benzene rings is 2. The molecule has 1 atom stereocenters. The van der Waals surface area contributed by atoms with E-state index in [0.717, 1.165) is 69.5 Å². The van der Waals surface area contributed by atoms with Gasteiger partial charge in [0, 0.05) is 49.7 Å². The van der Waals surface area contributed by atoms with Gasteiger partial charge in [0.05, 0.1) is 6.04 Å². The number of anilines is 2. The molecule has 158 valence electrons. The molecule has 30 heavy (non-hydrogen) atoms. The van der Waals surface area contributed by atoms with Gasteiger partial charge in [0.15, 0.2) is 0 Å². The Morgan fingerprint density at radius 3 is 2.17 bits per heavy atom. The molecule has 0 saturated carbocycles. The normalized spacial score (nSPS) is 19.7. The first kappa shape index (κ1) is 20.5. The summed E-state index contributed by atoms with van der Waals surface area (Å²) in [5.41, 5.74) is 5.54. The quantitative estimate of drug-likeness (QED) is 0.726. The number of carbonyl (C=O) groups is 2. The van der Waals surface area contributed by atoms with E-state index in [0.29, 0.717) is 0 Å². The van der Waals surface area contributed by atoms with Crippen molar-refractivity contribution in [1.29, 1.82) is 0 Å². The molecule has 0 spiro atoms. The molecule has 2 aromatic rings. The fourth-order valence-electron chi connectivity index (χ4n) is 4.70. The molecule has 0 aromatic heterocycles. The van der Waals surface area contributed by atoms with Gasteiger partial charge in [0.2, 0.25) is 0 Å². The zero-order chi connectivity index (χ0) is 21.1. The van der Waals surface area contributed by atoms with Gasteiger partial charge in [-0.05, 0) is 80.6 Å². The summed E-state index contributed by atoms with van der Waals surface area (Å²) >= 11 is 0. The van der Waals surface area contributed by atoms with Crippen LogP contribution >= 0.6 is 0 Å². The van der Waals surface area contributed by atoms with E-state index in [1.807, 2.05) is 29.2 Å². The average Bonchev–Trinajstić information content (AvgIpc) is 2.78. The summed E-state index contributed by atoms with van der Waals surface area (Å²) in [5, 5.41) is 0. The number of aldehydes is 1. The van der Waals surface area contributed by atoms with Crippen LogP contribution in [-0.2, 0) is 4.79 Å². The highest BCUT2D eigenvalue weighted by Gasteiger charge is 2.24. The summed E-state index contributed by atoms with van der Waals surface area (Å²) < 4.78 is 0. The van der Waals surface area contributed by atoms with Gasteiger partial charge in [0.25, 0.3) is 5.91 Å². The Bertz CT molecular complexity index is 881. The number of hydrogen-bond donors (Lipinski definition) is 0. The van der Waals surface area contributed by atoms with Gasteiger partial charge in [-0.15, -0.1) is 0 Å². The summed E-state index contributed by atoms with van der Waals surface area (Å²) in [4.78, 5) is 30.9. The maximum atomic E-state index is 13.0. The molecule has 2 aliphatic rings. The van der Waals surface area contributed by atoms with E-state index in [4.69, 9.17) is 0 Å². The average molecular weight is 406 g/mol. The van der Waals surface area contributed by atoms with Crippen molar-refractivity contribution in [2.45, 2.75) is 39.2 Å². The zero-order valence-corrected chi connectivity index (χ0v) is 18.0. The number of amides is 1. The SMILES string of the molecule is Cc1cc(C)cc(N2CCN(C(=O)c3ccc(N4CCCCC4C=O)cc3)CC2)c1. The summed E-state index contributed by atoms with van der Waals surface area (Å²) in [7, 11) is 0. The number of piperazine rings is 1. The Balaban J connectivity index is 1.39. The van der Waals surface area contributed by atoms with Gasteiger partial charge in [-0.1, -0.05) is 6.07 Å². The Morgan fingerprint density at radius 1 is 0.867 bits per heavy atom. The molecule has 2 saturated heterocycles. The minimum Gasteiger partial charge on any atom is -0.368 e. The van der Waals surface area contributed by atoms with Crippen molar-refractivity contribution in [3.8, 4) is 0 Å². The molecule has 2 aliphatic heterocycles. The van der Waals surface area contributed by atoms with E-state index < -0.39 is 0 Å². The van der Waals surface area contributed by atoms with Gasteiger partial charge in [-0.3, -0.25) is 4.79 Å². The molecule has 0 radical (unpaired) electrons. The zero-order valence-electron chi connectivity index (χ0n) is 18.0. The Morgan fingerprint density at radius 2 is 1.53 bits per heavy atom. The van der Waals surface area contributed by atoms with Crippen molar-refractivity contribution >= 4 is 23.6 Å². The molecule has 1 unspecified atom stereocenters. The lowest BCUT2D eigenvalue weighted by Crippen LogP contribution is -2.48. The maximum absolute atomic E-state index is 13.0. The van der Waals surface area contributed by atoms with E-state index in [1.54, 1.807) is 0 Å². The number of carbonyl (C=O) groups excluding carboxylic acids is 2. The smallest absolute Gasteiger partial charge is 0.253 e. The Kier molecular flexibility index (Phi) is 6.07. The minimum absolute atomic E-state index is 0.0429. The highest BCUT2D eigenvalue weighted by molar-refractivity contribution is 5.94.